The lowest BCUT2D eigenvalue weighted by atomic mass is 10.3. The van der Waals surface area contributed by atoms with Gasteiger partial charge in [-0.2, -0.15) is 0 Å². The van der Waals surface area contributed by atoms with Crippen molar-refractivity contribution in [1.29, 1.82) is 0 Å². The van der Waals surface area contributed by atoms with Crippen molar-refractivity contribution < 1.29 is 13.2 Å². The Morgan fingerprint density at radius 1 is 1.39 bits per heavy atom. The Bertz CT molecular complexity index is 491. The van der Waals surface area contributed by atoms with Crippen LogP contribution in [0.3, 0.4) is 0 Å². The van der Waals surface area contributed by atoms with Crippen molar-refractivity contribution in [2.75, 3.05) is 26.0 Å². The SMILES string of the molecule is COCCCCNS(=O)(=O)c1ccc(Br)c(N)c1. The zero-order valence-electron chi connectivity index (χ0n) is 10.1. The summed E-state index contributed by atoms with van der Waals surface area (Å²) in [5, 5.41) is 0. The molecule has 0 unspecified atom stereocenters. The number of sulfonamides is 1. The molecule has 5 nitrogen and oxygen atoms in total. The molecule has 0 atom stereocenters. The van der Waals surface area contributed by atoms with E-state index in [1.807, 2.05) is 0 Å². The summed E-state index contributed by atoms with van der Waals surface area (Å²) >= 11 is 3.22. The van der Waals surface area contributed by atoms with Crippen LogP contribution >= 0.6 is 15.9 Å². The number of nitrogens with two attached hydrogens (primary N) is 1. The van der Waals surface area contributed by atoms with Gasteiger partial charge in [-0.3, -0.25) is 0 Å². The second-order valence-corrected chi connectivity index (χ2v) is 6.40. The standard InChI is InChI=1S/C11H17BrN2O3S/c1-17-7-3-2-6-14-18(15,16)9-4-5-10(12)11(13)8-9/h4-5,8,14H,2-3,6-7,13H2,1H3. The average Bonchev–Trinajstić information content (AvgIpc) is 2.32. The van der Waals surface area contributed by atoms with E-state index in [0.29, 0.717) is 23.3 Å². The molecular weight excluding hydrogens is 320 g/mol. The highest BCUT2D eigenvalue weighted by molar-refractivity contribution is 9.10. The van der Waals surface area contributed by atoms with Crippen LogP contribution in [-0.4, -0.2) is 28.7 Å². The normalized spacial score (nSPS) is 11.7. The second-order valence-electron chi connectivity index (χ2n) is 3.78. The van der Waals surface area contributed by atoms with E-state index >= 15 is 0 Å². The maximum atomic E-state index is 11.9. The molecule has 102 valence electrons. The van der Waals surface area contributed by atoms with Gasteiger partial charge in [-0.05, 0) is 47.0 Å². The first-order valence-corrected chi connectivity index (χ1v) is 7.78. The summed E-state index contributed by atoms with van der Waals surface area (Å²) in [6, 6.07) is 4.56. The third kappa shape index (κ3) is 4.56. The van der Waals surface area contributed by atoms with Gasteiger partial charge in [-0.15, -0.1) is 0 Å². The van der Waals surface area contributed by atoms with Gasteiger partial charge in [0, 0.05) is 30.4 Å². The van der Waals surface area contributed by atoms with Gasteiger partial charge in [0.25, 0.3) is 0 Å². The number of methoxy groups -OCH3 is 1. The Kier molecular flexibility index (Phi) is 6.07. The van der Waals surface area contributed by atoms with Gasteiger partial charge in [-0.1, -0.05) is 0 Å². The molecule has 7 heteroatoms. The number of anilines is 1. The topological polar surface area (TPSA) is 81.4 Å². The Labute approximate surface area is 116 Å². The molecule has 0 aliphatic rings. The van der Waals surface area contributed by atoms with Gasteiger partial charge in [0.1, 0.15) is 0 Å². The van der Waals surface area contributed by atoms with Crippen LogP contribution in [0.25, 0.3) is 0 Å². The van der Waals surface area contributed by atoms with Crippen LogP contribution in [0.2, 0.25) is 0 Å². The van der Waals surface area contributed by atoms with E-state index in [1.54, 1.807) is 13.2 Å². The van der Waals surface area contributed by atoms with E-state index in [0.717, 1.165) is 12.8 Å². The highest BCUT2D eigenvalue weighted by Crippen LogP contribution is 2.22. The zero-order chi connectivity index (χ0) is 13.6. The average molecular weight is 337 g/mol. The van der Waals surface area contributed by atoms with Crippen LogP contribution < -0.4 is 10.5 Å². The Hall–Kier alpha value is -0.630. The van der Waals surface area contributed by atoms with E-state index in [4.69, 9.17) is 10.5 Å². The number of benzene rings is 1. The molecule has 0 fully saturated rings. The second kappa shape index (κ2) is 7.08. The van der Waals surface area contributed by atoms with E-state index in [-0.39, 0.29) is 4.90 Å². The van der Waals surface area contributed by atoms with Gasteiger partial charge in [0.2, 0.25) is 10.0 Å². The summed E-state index contributed by atoms with van der Waals surface area (Å²) in [6.07, 6.45) is 1.56. The van der Waals surface area contributed by atoms with Crippen LogP contribution in [0.5, 0.6) is 0 Å². The molecule has 1 rings (SSSR count). The third-order valence-electron chi connectivity index (χ3n) is 2.35. The Morgan fingerprint density at radius 2 is 2.11 bits per heavy atom. The molecule has 0 heterocycles. The fraction of sp³-hybridized carbons (Fsp3) is 0.455. The summed E-state index contributed by atoms with van der Waals surface area (Å²) in [5.74, 6) is 0. The minimum atomic E-state index is -3.48. The Balaban J connectivity index is 2.60. The maximum absolute atomic E-state index is 11.9. The van der Waals surface area contributed by atoms with Crippen molar-refractivity contribution in [3.05, 3.63) is 22.7 Å². The first kappa shape index (κ1) is 15.4. The molecule has 0 aliphatic heterocycles. The van der Waals surface area contributed by atoms with Crippen LogP contribution in [0, 0.1) is 0 Å². The van der Waals surface area contributed by atoms with Gasteiger partial charge in [0.15, 0.2) is 0 Å². The van der Waals surface area contributed by atoms with Crippen LogP contribution in [0.1, 0.15) is 12.8 Å². The van der Waals surface area contributed by atoms with E-state index in [1.165, 1.54) is 12.1 Å². The van der Waals surface area contributed by atoms with Crippen molar-refractivity contribution in [1.82, 2.24) is 4.72 Å². The first-order valence-electron chi connectivity index (χ1n) is 5.51. The van der Waals surface area contributed by atoms with Crippen LogP contribution in [0.4, 0.5) is 5.69 Å². The molecule has 18 heavy (non-hydrogen) atoms. The first-order chi connectivity index (χ1) is 8.47. The molecule has 1 aromatic carbocycles. The number of halogens is 1. The summed E-state index contributed by atoms with van der Waals surface area (Å²) in [7, 11) is -1.86. The number of ether oxygens (including phenoxy) is 1. The molecule has 1 aromatic rings. The number of nitrogen functional groups attached to an aromatic ring is 1. The monoisotopic (exact) mass is 336 g/mol. The molecule has 0 saturated heterocycles. The van der Waals surface area contributed by atoms with E-state index < -0.39 is 10.0 Å². The van der Waals surface area contributed by atoms with Gasteiger partial charge < -0.3 is 10.5 Å². The molecule has 0 amide bonds. The fourth-order valence-electron chi connectivity index (χ4n) is 1.35. The number of rotatable bonds is 7. The number of hydrogen-bond acceptors (Lipinski definition) is 4. The number of hydrogen-bond donors (Lipinski definition) is 2. The molecule has 0 radical (unpaired) electrons. The molecule has 0 spiro atoms. The van der Waals surface area contributed by atoms with E-state index in [9.17, 15) is 8.42 Å². The predicted octanol–water partition coefficient (Wildman–Crippen LogP) is 1.74. The highest BCUT2D eigenvalue weighted by atomic mass is 79.9. The largest absolute Gasteiger partial charge is 0.398 e. The summed E-state index contributed by atoms with van der Waals surface area (Å²) in [4.78, 5) is 0.176. The van der Waals surface area contributed by atoms with Crippen molar-refractivity contribution >= 4 is 31.6 Å². The van der Waals surface area contributed by atoms with Crippen molar-refractivity contribution in [3.8, 4) is 0 Å². The lowest BCUT2D eigenvalue weighted by Gasteiger charge is -2.08. The minimum Gasteiger partial charge on any atom is -0.398 e. The molecule has 0 bridgehead atoms. The lowest BCUT2D eigenvalue weighted by molar-refractivity contribution is 0.193. The van der Waals surface area contributed by atoms with Crippen LogP contribution in [-0.2, 0) is 14.8 Å². The Morgan fingerprint density at radius 3 is 2.72 bits per heavy atom. The smallest absolute Gasteiger partial charge is 0.240 e. The number of unbranched alkanes of at least 4 members (excludes halogenated alkanes) is 1. The number of nitrogens with one attached hydrogen (secondary N) is 1. The predicted molar refractivity (Wildman–Crippen MR) is 74.9 cm³/mol. The molecule has 0 aliphatic carbocycles. The maximum Gasteiger partial charge on any atom is 0.240 e. The van der Waals surface area contributed by atoms with E-state index in [2.05, 4.69) is 20.7 Å². The van der Waals surface area contributed by atoms with Gasteiger partial charge in [0.05, 0.1) is 4.90 Å². The molecule has 0 saturated carbocycles. The highest BCUT2D eigenvalue weighted by Gasteiger charge is 2.14. The molecule has 0 aromatic heterocycles. The van der Waals surface area contributed by atoms with Crippen molar-refractivity contribution in [3.63, 3.8) is 0 Å². The third-order valence-corrected chi connectivity index (χ3v) is 4.53. The lowest BCUT2D eigenvalue weighted by Crippen LogP contribution is -2.25. The van der Waals surface area contributed by atoms with Gasteiger partial charge >= 0.3 is 0 Å². The minimum absolute atomic E-state index is 0.176. The summed E-state index contributed by atoms with van der Waals surface area (Å²) in [6.45, 7) is 1.02. The zero-order valence-corrected chi connectivity index (χ0v) is 12.6. The van der Waals surface area contributed by atoms with Crippen molar-refractivity contribution in [2.24, 2.45) is 0 Å². The summed E-state index contributed by atoms with van der Waals surface area (Å²) < 4.78 is 31.9. The molecule has 3 N–H and O–H groups in total. The van der Waals surface area contributed by atoms with Gasteiger partial charge in [-0.25, -0.2) is 13.1 Å². The fourth-order valence-corrected chi connectivity index (χ4v) is 2.71. The summed E-state index contributed by atoms with van der Waals surface area (Å²) in [5.41, 5.74) is 6.06. The molecular formula is C11H17BrN2O3S. The van der Waals surface area contributed by atoms with Crippen molar-refractivity contribution in [2.45, 2.75) is 17.7 Å². The van der Waals surface area contributed by atoms with Crippen LogP contribution in [0.15, 0.2) is 27.6 Å². The quantitative estimate of drug-likeness (QED) is 0.587.